The van der Waals surface area contributed by atoms with E-state index in [0.29, 0.717) is 12.1 Å². The molecule has 1 heterocycles. The predicted octanol–water partition coefficient (Wildman–Crippen LogP) is 1.18. The molecule has 0 unspecified atom stereocenters. The lowest BCUT2D eigenvalue weighted by Crippen LogP contribution is -2.25. The number of hydrogen-bond donors (Lipinski definition) is 2. The first kappa shape index (κ1) is 14.8. The molecule has 21 heavy (non-hydrogen) atoms. The first-order valence-electron chi connectivity index (χ1n) is 6.48. The van der Waals surface area contributed by atoms with Gasteiger partial charge in [0.25, 0.3) is 0 Å². The van der Waals surface area contributed by atoms with Crippen LogP contribution in [-0.2, 0) is 9.59 Å². The van der Waals surface area contributed by atoms with Crippen LogP contribution in [0.25, 0.3) is 0 Å². The third kappa shape index (κ3) is 3.95. The van der Waals surface area contributed by atoms with Gasteiger partial charge in [-0.25, -0.2) is 15.2 Å². The number of benzene rings is 1. The van der Waals surface area contributed by atoms with E-state index in [1.807, 2.05) is 0 Å². The maximum absolute atomic E-state index is 13.3. The van der Waals surface area contributed by atoms with Crippen molar-refractivity contribution in [3.63, 3.8) is 0 Å². The highest BCUT2D eigenvalue weighted by Gasteiger charge is 2.26. The van der Waals surface area contributed by atoms with Crippen LogP contribution in [0.2, 0.25) is 0 Å². The second-order valence-corrected chi connectivity index (χ2v) is 4.64. The SMILES string of the molecule is CC1=NNC(=O)[C@@H]1CCC(=O)N/N=C/c1ccccc1F. The van der Waals surface area contributed by atoms with Gasteiger partial charge in [-0.1, -0.05) is 18.2 Å². The highest BCUT2D eigenvalue weighted by atomic mass is 19.1. The molecule has 1 aliphatic heterocycles. The average molecular weight is 290 g/mol. The highest BCUT2D eigenvalue weighted by molar-refractivity contribution is 6.07. The zero-order valence-electron chi connectivity index (χ0n) is 11.5. The van der Waals surface area contributed by atoms with Crippen LogP contribution in [0.4, 0.5) is 4.39 Å². The molecule has 110 valence electrons. The normalized spacial score (nSPS) is 17.7. The van der Waals surface area contributed by atoms with Crippen molar-refractivity contribution in [2.75, 3.05) is 0 Å². The third-order valence-electron chi connectivity index (χ3n) is 3.12. The minimum absolute atomic E-state index is 0.138. The highest BCUT2D eigenvalue weighted by Crippen LogP contribution is 2.13. The van der Waals surface area contributed by atoms with Crippen LogP contribution < -0.4 is 10.9 Å². The number of nitrogens with zero attached hydrogens (tertiary/aromatic N) is 2. The van der Waals surface area contributed by atoms with Gasteiger partial charge >= 0.3 is 0 Å². The van der Waals surface area contributed by atoms with Crippen molar-refractivity contribution in [2.45, 2.75) is 19.8 Å². The summed E-state index contributed by atoms with van der Waals surface area (Å²) in [6.45, 7) is 1.73. The predicted molar refractivity (Wildman–Crippen MR) is 76.1 cm³/mol. The summed E-state index contributed by atoms with van der Waals surface area (Å²) in [5.41, 5.74) is 5.62. The summed E-state index contributed by atoms with van der Waals surface area (Å²) in [6.07, 6.45) is 1.74. The van der Waals surface area contributed by atoms with E-state index >= 15 is 0 Å². The third-order valence-corrected chi connectivity index (χ3v) is 3.12. The van der Waals surface area contributed by atoms with Crippen molar-refractivity contribution < 1.29 is 14.0 Å². The number of halogens is 1. The van der Waals surface area contributed by atoms with E-state index in [1.165, 1.54) is 12.3 Å². The Kier molecular flexibility index (Phi) is 4.76. The molecular formula is C14H15FN4O2. The standard InChI is InChI=1S/C14H15FN4O2/c1-9-11(14(21)19-17-9)6-7-13(20)18-16-8-10-4-2-3-5-12(10)15/h2-5,8,11H,6-7H2,1H3,(H,18,20)(H,19,21)/b16-8+/t11-/m1/s1. The monoisotopic (exact) mass is 290 g/mol. The van der Waals surface area contributed by atoms with E-state index in [2.05, 4.69) is 21.1 Å². The van der Waals surface area contributed by atoms with Gasteiger partial charge in [-0.15, -0.1) is 0 Å². The summed E-state index contributed by atoms with van der Waals surface area (Å²) < 4.78 is 13.3. The van der Waals surface area contributed by atoms with Crippen LogP contribution >= 0.6 is 0 Å². The fourth-order valence-electron chi connectivity index (χ4n) is 1.91. The molecule has 6 nitrogen and oxygen atoms in total. The maximum atomic E-state index is 13.3. The molecule has 0 saturated carbocycles. The van der Waals surface area contributed by atoms with E-state index in [1.54, 1.807) is 25.1 Å². The summed E-state index contributed by atoms with van der Waals surface area (Å²) in [6, 6.07) is 6.10. The number of nitrogens with one attached hydrogen (secondary N) is 2. The quantitative estimate of drug-likeness (QED) is 0.630. The second-order valence-electron chi connectivity index (χ2n) is 4.64. The van der Waals surface area contributed by atoms with Crippen molar-refractivity contribution in [3.05, 3.63) is 35.6 Å². The van der Waals surface area contributed by atoms with Crippen LogP contribution in [0.1, 0.15) is 25.3 Å². The molecule has 0 saturated heterocycles. The zero-order valence-corrected chi connectivity index (χ0v) is 11.5. The van der Waals surface area contributed by atoms with Gasteiger partial charge in [0.15, 0.2) is 0 Å². The molecule has 1 aromatic rings. The number of hydrazone groups is 2. The summed E-state index contributed by atoms with van der Waals surface area (Å²) in [4.78, 5) is 23.0. The molecule has 0 bridgehead atoms. The van der Waals surface area contributed by atoms with E-state index in [4.69, 9.17) is 0 Å². The van der Waals surface area contributed by atoms with Gasteiger partial charge in [0.1, 0.15) is 5.82 Å². The molecule has 0 fully saturated rings. The fraction of sp³-hybridized carbons (Fsp3) is 0.286. The van der Waals surface area contributed by atoms with E-state index in [0.717, 1.165) is 0 Å². The smallest absolute Gasteiger partial charge is 0.248 e. The van der Waals surface area contributed by atoms with Gasteiger partial charge in [-0.2, -0.15) is 10.2 Å². The van der Waals surface area contributed by atoms with Crippen molar-refractivity contribution in [1.29, 1.82) is 0 Å². The van der Waals surface area contributed by atoms with Crippen molar-refractivity contribution in [3.8, 4) is 0 Å². The van der Waals surface area contributed by atoms with E-state index in [-0.39, 0.29) is 29.7 Å². The van der Waals surface area contributed by atoms with Gasteiger partial charge < -0.3 is 0 Å². The summed E-state index contributed by atoms with van der Waals surface area (Å²) in [5, 5.41) is 7.49. The van der Waals surface area contributed by atoms with Gasteiger partial charge in [-0.3, -0.25) is 9.59 Å². The summed E-state index contributed by atoms with van der Waals surface area (Å²) in [5.74, 6) is -1.32. The lowest BCUT2D eigenvalue weighted by atomic mass is 9.99. The zero-order chi connectivity index (χ0) is 15.2. The Labute approximate surface area is 121 Å². The van der Waals surface area contributed by atoms with Gasteiger partial charge in [0.2, 0.25) is 11.8 Å². The van der Waals surface area contributed by atoms with Gasteiger partial charge in [0.05, 0.1) is 12.1 Å². The first-order valence-corrected chi connectivity index (χ1v) is 6.48. The number of amides is 2. The Bertz CT molecular complexity index is 613. The first-order chi connectivity index (χ1) is 10.1. The van der Waals surface area contributed by atoms with Gasteiger partial charge in [-0.05, 0) is 19.4 Å². The summed E-state index contributed by atoms with van der Waals surface area (Å²) in [7, 11) is 0. The Hall–Kier alpha value is -2.57. The summed E-state index contributed by atoms with van der Waals surface area (Å²) >= 11 is 0. The Balaban J connectivity index is 1.79. The number of hydrogen-bond acceptors (Lipinski definition) is 4. The van der Waals surface area contributed by atoms with Crippen LogP contribution in [0.3, 0.4) is 0 Å². The van der Waals surface area contributed by atoms with Gasteiger partial charge in [0, 0.05) is 17.7 Å². The Morgan fingerprint density at radius 1 is 1.52 bits per heavy atom. The molecule has 2 N–H and O–H groups in total. The Morgan fingerprint density at radius 2 is 2.29 bits per heavy atom. The average Bonchev–Trinajstić information content (AvgIpc) is 2.78. The minimum atomic E-state index is -0.412. The van der Waals surface area contributed by atoms with Crippen molar-refractivity contribution in [2.24, 2.45) is 16.1 Å². The molecule has 1 aromatic carbocycles. The minimum Gasteiger partial charge on any atom is -0.273 e. The molecule has 7 heteroatoms. The molecule has 0 aliphatic carbocycles. The molecule has 0 radical (unpaired) electrons. The number of carbonyl (C=O) groups excluding carboxylic acids is 2. The van der Waals surface area contributed by atoms with Crippen LogP contribution in [-0.4, -0.2) is 23.7 Å². The van der Waals surface area contributed by atoms with Crippen LogP contribution in [0.15, 0.2) is 34.5 Å². The maximum Gasteiger partial charge on any atom is 0.248 e. The molecule has 1 aliphatic rings. The van der Waals surface area contributed by atoms with E-state index < -0.39 is 5.82 Å². The molecule has 2 rings (SSSR count). The van der Waals surface area contributed by atoms with Crippen LogP contribution in [0.5, 0.6) is 0 Å². The topological polar surface area (TPSA) is 82.9 Å². The molecule has 0 spiro atoms. The van der Waals surface area contributed by atoms with Crippen LogP contribution in [0, 0.1) is 11.7 Å². The molecule has 1 atom stereocenters. The molecular weight excluding hydrogens is 275 g/mol. The van der Waals surface area contributed by atoms with E-state index in [9.17, 15) is 14.0 Å². The lowest BCUT2D eigenvalue weighted by Gasteiger charge is -2.06. The largest absolute Gasteiger partial charge is 0.273 e. The second kappa shape index (κ2) is 6.74. The van der Waals surface area contributed by atoms with Crippen molar-refractivity contribution >= 4 is 23.7 Å². The number of rotatable bonds is 5. The number of carbonyl (C=O) groups is 2. The molecule has 2 amide bonds. The Morgan fingerprint density at radius 3 is 2.95 bits per heavy atom. The fourth-order valence-corrected chi connectivity index (χ4v) is 1.91. The molecule has 0 aromatic heterocycles. The lowest BCUT2D eigenvalue weighted by molar-refractivity contribution is -0.123. The van der Waals surface area contributed by atoms with Crippen molar-refractivity contribution in [1.82, 2.24) is 10.9 Å².